The van der Waals surface area contributed by atoms with Crippen molar-refractivity contribution in [1.29, 1.82) is 0 Å². The van der Waals surface area contributed by atoms with Crippen LogP contribution in [-0.4, -0.2) is 48.7 Å². The van der Waals surface area contributed by atoms with Crippen molar-refractivity contribution < 1.29 is 18.4 Å². The van der Waals surface area contributed by atoms with Crippen molar-refractivity contribution in [1.82, 2.24) is 10.2 Å². The van der Waals surface area contributed by atoms with E-state index < -0.39 is 24.6 Å². The van der Waals surface area contributed by atoms with Gasteiger partial charge in [-0.25, -0.2) is 8.78 Å². The van der Waals surface area contributed by atoms with E-state index in [2.05, 4.69) is 5.32 Å². The van der Waals surface area contributed by atoms with Gasteiger partial charge in [0.15, 0.2) is 0 Å². The van der Waals surface area contributed by atoms with Crippen molar-refractivity contribution in [3.63, 3.8) is 0 Å². The first-order valence-corrected chi connectivity index (χ1v) is 5.70. The summed E-state index contributed by atoms with van der Waals surface area (Å²) in [6, 6.07) is -1.01. The number of nitrogens with one attached hydrogen (secondary N) is 1. The molecular weight excluding hydrogens is 230 g/mol. The summed E-state index contributed by atoms with van der Waals surface area (Å²) in [6.45, 7) is 1.09. The van der Waals surface area contributed by atoms with E-state index in [0.717, 1.165) is 6.29 Å². The minimum absolute atomic E-state index is 0.246. The van der Waals surface area contributed by atoms with Crippen molar-refractivity contribution in [2.75, 3.05) is 13.6 Å². The van der Waals surface area contributed by atoms with E-state index in [4.69, 9.17) is 0 Å². The molecule has 0 aromatic heterocycles. The Morgan fingerprint density at radius 2 is 2.29 bits per heavy atom. The van der Waals surface area contributed by atoms with Crippen molar-refractivity contribution in [2.45, 2.75) is 44.2 Å². The number of carbonyl (C=O) groups excluding carboxylic acids is 2. The van der Waals surface area contributed by atoms with Crippen LogP contribution < -0.4 is 5.32 Å². The summed E-state index contributed by atoms with van der Waals surface area (Å²) in [5.74, 6) is -3.14. The van der Waals surface area contributed by atoms with Gasteiger partial charge in [-0.15, -0.1) is 0 Å². The largest absolute Gasteiger partial charge is 0.332 e. The highest BCUT2D eigenvalue weighted by atomic mass is 19.3. The third-order valence-corrected chi connectivity index (χ3v) is 3.03. The molecule has 0 spiro atoms. The van der Waals surface area contributed by atoms with Gasteiger partial charge in [0.25, 0.3) is 5.92 Å². The van der Waals surface area contributed by atoms with E-state index in [-0.39, 0.29) is 18.7 Å². The number of likely N-dealkylation sites (tertiary alicyclic amines) is 1. The molecule has 0 aliphatic carbocycles. The smallest absolute Gasteiger partial charge is 0.267 e. The zero-order valence-corrected chi connectivity index (χ0v) is 10.1. The Balaban J connectivity index is 2.65. The molecule has 98 valence electrons. The first-order chi connectivity index (χ1) is 7.91. The average Bonchev–Trinajstić information content (AvgIpc) is 2.53. The monoisotopic (exact) mass is 248 g/mol. The van der Waals surface area contributed by atoms with Crippen molar-refractivity contribution >= 4 is 12.2 Å². The van der Waals surface area contributed by atoms with E-state index >= 15 is 0 Å². The minimum Gasteiger partial charge on any atom is -0.332 e. The van der Waals surface area contributed by atoms with Gasteiger partial charge in [0.05, 0.1) is 12.6 Å². The van der Waals surface area contributed by atoms with E-state index in [1.165, 1.54) is 4.90 Å². The summed E-state index contributed by atoms with van der Waals surface area (Å²) in [6.07, 6.45) is 1.02. The second kappa shape index (κ2) is 5.53. The average molecular weight is 248 g/mol. The molecule has 6 heteroatoms. The molecule has 4 nitrogen and oxygen atoms in total. The van der Waals surface area contributed by atoms with Gasteiger partial charge in [-0.2, -0.15) is 0 Å². The topological polar surface area (TPSA) is 49.4 Å². The molecule has 1 aliphatic heterocycles. The maximum absolute atomic E-state index is 13.2. The predicted octanol–water partition coefficient (Wildman–Crippen LogP) is 0.810. The molecule has 2 atom stereocenters. The molecule has 0 aromatic carbocycles. The van der Waals surface area contributed by atoms with E-state index in [0.29, 0.717) is 6.42 Å². The molecule has 0 bridgehead atoms. The number of amides is 1. The van der Waals surface area contributed by atoms with Gasteiger partial charge < -0.3 is 15.0 Å². The molecule has 0 radical (unpaired) electrons. The summed E-state index contributed by atoms with van der Waals surface area (Å²) in [5, 5.41) is 2.77. The Morgan fingerprint density at radius 1 is 1.65 bits per heavy atom. The van der Waals surface area contributed by atoms with Crippen molar-refractivity contribution in [3.8, 4) is 0 Å². The van der Waals surface area contributed by atoms with Gasteiger partial charge in [0.1, 0.15) is 6.29 Å². The maximum Gasteiger partial charge on any atom is 0.267 e. The Hall–Kier alpha value is -1.04. The number of nitrogens with zero attached hydrogens (tertiary/aromatic N) is 1. The van der Waals surface area contributed by atoms with Crippen LogP contribution in [-0.2, 0) is 9.59 Å². The first-order valence-electron chi connectivity index (χ1n) is 5.70. The molecule has 1 heterocycles. The quantitative estimate of drug-likeness (QED) is 0.732. The van der Waals surface area contributed by atoms with Gasteiger partial charge in [-0.05, 0) is 20.4 Å². The van der Waals surface area contributed by atoms with Crippen LogP contribution in [0.2, 0.25) is 0 Å². The lowest BCUT2D eigenvalue weighted by atomic mass is 10.1. The Labute approximate surface area is 99.3 Å². The molecule has 0 saturated carbocycles. The lowest BCUT2D eigenvalue weighted by Crippen LogP contribution is -2.47. The zero-order valence-electron chi connectivity index (χ0n) is 10.1. The summed E-state index contributed by atoms with van der Waals surface area (Å²) in [4.78, 5) is 23.5. The first kappa shape index (κ1) is 14.0. The number of rotatable bonds is 5. The standard InChI is InChI=1S/C11H18F2N2O2/c1-8-6-11(12,13)7-15(8)10(17)9(14-2)4-3-5-16/h5,8-9,14H,3-4,6-7H2,1-2H3/t8-,9?/m1/s1. The molecule has 1 saturated heterocycles. The SMILES string of the molecule is CNC(CCC=O)C(=O)N1CC(F)(F)C[C@H]1C. The Kier molecular flexibility index (Phi) is 4.56. The number of carbonyl (C=O) groups is 2. The van der Waals surface area contributed by atoms with Gasteiger partial charge in [0, 0.05) is 18.9 Å². The summed E-state index contributed by atoms with van der Waals surface area (Å²) in [7, 11) is 1.59. The van der Waals surface area contributed by atoms with Gasteiger partial charge in [-0.1, -0.05) is 0 Å². The highest BCUT2D eigenvalue weighted by Gasteiger charge is 2.45. The summed E-state index contributed by atoms with van der Waals surface area (Å²) in [5.41, 5.74) is 0. The molecular formula is C11H18F2N2O2. The third-order valence-electron chi connectivity index (χ3n) is 3.03. The summed E-state index contributed by atoms with van der Waals surface area (Å²) < 4.78 is 26.3. The molecule has 0 aromatic rings. The van der Waals surface area contributed by atoms with Crippen LogP contribution >= 0.6 is 0 Å². The zero-order chi connectivity index (χ0) is 13.1. The number of hydrogen-bond acceptors (Lipinski definition) is 3. The normalized spacial score (nSPS) is 24.7. The van der Waals surface area contributed by atoms with Crippen LogP contribution in [0.1, 0.15) is 26.2 Å². The number of alkyl halides is 2. The second-order valence-electron chi connectivity index (χ2n) is 4.46. The molecule has 1 rings (SSSR count). The lowest BCUT2D eigenvalue weighted by Gasteiger charge is -2.25. The van der Waals surface area contributed by atoms with Crippen LogP contribution in [0, 0.1) is 0 Å². The number of aldehydes is 1. The lowest BCUT2D eigenvalue weighted by molar-refractivity contribution is -0.135. The van der Waals surface area contributed by atoms with Gasteiger partial charge in [-0.3, -0.25) is 4.79 Å². The Morgan fingerprint density at radius 3 is 2.71 bits per heavy atom. The minimum atomic E-state index is -2.79. The maximum atomic E-state index is 13.2. The van der Waals surface area contributed by atoms with E-state index in [1.807, 2.05) is 0 Å². The highest BCUT2D eigenvalue weighted by molar-refractivity contribution is 5.82. The van der Waals surface area contributed by atoms with Crippen LogP contribution in [0.25, 0.3) is 0 Å². The second-order valence-corrected chi connectivity index (χ2v) is 4.46. The fraction of sp³-hybridized carbons (Fsp3) is 0.818. The molecule has 1 N–H and O–H groups in total. The van der Waals surface area contributed by atoms with Gasteiger partial charge in [0.2, 0.25) is 5.91 Å². The fourth-order valence-electron chi connectivity index (χ4n) is 2.13. The highest BCUT2D eigenvalue weighted by Crippen LogP contribution is 2.32. The number of hydrogen-bond donors (Lipinski definition) is 1. The van der Waals surface area contributed by atoms with Crippen molar-refractivity contribution in [2.24, 2.45) is 0 Å². The van der Waals surface area contributed by atoms with Crippen LogP contribution in [0.4, 0.5) is 8.78 Å². The third kappa shape index (κ3) is 3.46. The van der Waals surface area contributed by atoms with Crippen molar-refractivity contribution in [3.05, 3.63) is 0 Å². The fourth-order valence-corrected chi connectivity index (χ4v) is 2.13. The van der Waals surface area contributed by atoms with Crippen LogP contribution in [0.15, 0.2) is 0 Å². The number of likely N-dealkylation sites (N-methyl/N-ethyl adjacent to an activating group) is 1. The summed E-state index contributed by atoms with van der Waals surface area (Å²) >= 11 is 0. The molecule has 1 unspecified atom stereocenters. The molecule has 1 fully saturated rings. The van der Waals surface area contributed by atoms with Crippen LogP contribution in [0.5, 0.6) is 0 Å². The van der Waals surface area contributed by atoms with Crippen LogP contribution in [0.3, 0.4) is 0 Å². The Bertz CT molecular complexity index is 297. The predicted molar refractivity (Wildman–Crippen MR) is 58.9 cm³/mol. The van der Waals surface area contributed by atoms with Gasteiger partial charge >= 0.3 is 0 Å². The molecule has 1 aliphatic rings. The molecule has 17 heavy (non-hydrogen) atoms. The number of halogens is 2. The molecule has 1 amide bonds. The van der Waals surface area contributed by atoms with E-state index in [9.17, 15) is 18.4 Å². The van der Waals surface area contributed by atoms with E-state index in [1.54, 1.807) is 14.0 Å².